The van der Waals surface area contributed by atoms with Crippen molar-refractivity contribution >= 4 is 40.3 Å². The lowest BCUT2D eigenvalue weighted by molar-refractivity contribution is -0.121. The molecule has 1 aromatic heterocycles. The van der Waals surface area contributed by atoms with Crippen LogP contribution in [0.5, 0.6) is 0 Å². The molecule has 2 heterocycles. The lowest BCUT2D eigenvalue weighted by atomic mass is 10.1. The molecule has 1 aromatic carbocycles. The van der Waals surface area contributed by atoms with Crippen molar-refractivity contribution in [2.24, 2.45) is 0 Å². The first-order valence-electron chi connectivity index (χ1n) is 7.56. The van der Waals surface area contributed by atoms with Crippen LogP contribution in [0.1, 0.15) is 11.3 Å². The number of rotatable bonds is 5. The summed E-state index contributed by atoms with van der Waals surface area (Å²) in [6.45, 7) is 2.20. The Hall–Kier alpha value is -2.54. The molecule has 1 aliphatic heterocycles. The molecular weight excluding hydrogens is 332 g/mol. The Morgan fingerprint density at radius 3 is 2.88 bits per heavy atom. The van der Waals surface area contributed by atoms with E-state index in [-0.39, 0.29) is 24.9 Å². The lowest BCUT2D eigenvalue weighted by Gasteiger charge is -2.12. The van der Waals surface area contributed by atoms with Crippen LogP contribution in [0, 0.1) is 6.92 Å². The van der Waals surface area contributed by atoms with Gasteiger partial charge in [0, 0.05) is 28.2 Å². The Kier molecular flexibility index (Phi) is 4.44. The van der Waals surface area contributed by atoms with Gasteiger partial charge in [0.2, 0.25) is 11.8 Å². The lowest BCUT2D eigenvalue weighted by Crippen LogP contribution is -2.39. The number of benzene rings is 1. The third-order valence-corrected chi connectivity index (χ3v) is 4.22. The van der Waals surface area contributed by atoms with Crippen molar-refractivity contribution < 1.29 is 14.4 Å². The number of fused-ring (bicyclic) bond motifs is 1. The number of urea groups is 1. The summed E-state index contributed by atoms with van der Waals surface area (Å²) in [7, 11) is 0. The molecule has 0 bridgehead atoms. The fourth-order valence-corrected chi connectivity index (χ4v) is 3.02. The molecule has 1 fully saturated rings. The smallest absolute Gasteiger partial charge is 0.325 e. The summed E-state index contributed by atoms with van der Waals surface area (Å²) < 4.78 is 0. The summed E-state index contributed by atoms with van der Waals surface area (Å²) in [5, 5.41) is 6.61. The van der Waals surface area contributed by atoms with E-state index in [0.717, 1.165) is 22.2 Å². The van der Waals surface area contributed by atoms with E-state index in [1.165, 1.54) is 4.90 Å². The van der Waals surface area contributed by atoms with Crippen molar-refractivity contribution in [3.63, 3.8) is 0 Å². The predicted octanol–water partition coefficient (Wildman–Crippen LogP) is 1.34. The number of imide groups is 1. The maximum absolute atomic E-state index is 11.9. The van der Waals surface area contributed by atoms with Gasteiger partial charge in [-0.15, -0.1) is 0 Å². The van der Waals surface area contributed by atoms with Gasteiger partial charge in [0.05, 0.1) is 0 Å². The second-order valence-corrected chi connectivity index (χ2v) is 6.16. The number of aryl methyl sites for hydroxylation is 1. The van der Waals surface area contributed by atoms with Crippen LogP contribution in [0.25, 0.3) is 10.9 Å². The third kappa shape index (κ3) is 3.35. The number of aromatic nitrogens is 1. The van der Waals surface area contributed by atoms with Crippen LogP contribution in [0.2, 0.25) is 5.02 Å². The summed E-state index contributed by atoms with van der Waals surface area (Å²) in [5.41, 5.74) is 3.14. The summed E-state index contributed by atoms with van der Waals surface area (Å²) in [6.07, 6.45) is 0.642. The Morgan fingerprint density at radius 2 is 2.17 bits per heavy atom. The molecule has 0 spiro atoms. The first kappa shape index (κ1) is 16.3. The SMILES string of the molecule is Cc1[nH]c2ccc(Cl)cc2c1CCNC(=O)CN1CC(=O)NC1=O. The van der Waals surface area contributed by atoms with E-state index in [0.29, 0.717) is 18.0 Å². The van der Waals surface area contributed by atoms with Crippen LogP contribution in [-0.2, 0) is 16.0 Å². The molecule has 4 amide bonds. The molecule has 3 rings (SSSR count). The summed E-state index contributed by atoms with van der Waals surface area (Å²) in [6, 6.07) is 5.12. The van der Waals surface area contributed by atoms with Gasteiger partial charge in [-0.25, -0.2) is 4.79 Å². The zero-order valence-electron chi connectivity index (χ0n) is 13.1. The van der Waals surface area contributed by atoms with E-state index in [4.69, 9.17) is 11.6 Å². The minimum atomic E-state index is -0.530. The standard InChI is InChI=1S/C16H17ClN4O3/c1-9-11(12-6-10(17)2-3-13(12)19-9)4-5-18-14(22)7-21-8-15(23)20-16(21)24/h2-3,6,19H,4-5,7-8H2,1H3,(H,18,22)(H,20,23,24). The van der Waals surface area contributed by atoms with E-state index in [1.54, 1.807) is 0 Å². The van der Waals surface area contributed by atoms with Crippen molar-refractivity contribution in [1.29, 1.82) is 0 Å². The number of nitrogens with zero attached hydrogens (tertiary/aromatic N) is 1. The minimum Gasteiger partial charge on any atom is -0.358 e. The Morgan fingerprint density at radius 1 is 1.38 bits per heavy atom. The maximum atomic E-state index is 11.9. The number of carbonyl (C=O) groups excluding carboxylic acids is 3. The predicted molar refractivity (Wildman–Crippen MR) is 89.9 cm³/mol. The first-order chi connectivity index (χ1) is 11.4. The summed E-state index contributed by atoms with van der Waals surface area (Å²) in [4.78, 5) is 38.9. The topological polar surface area (TPSA) is 94.3 Å². The largest absolute Gasteiger partial charge is 0.358 e. The molecule has 7 nitrogen and oxygen atoms in total. The van der Waals surface area contributed by atoms with E-state index < -0.39 is 6.03 Å². The normalized spacial score (nSPS) is 14.3. The van der Waals surface area contributed by atoms with Gasteiger partial charge in [0.15, 0.2) is 0 Å². The van der Waals surface area contributed by atoms with Crippen molar-refractivity contribution in [1.82, 2.24) is 20.5 Å². The highest BCUT2D eigenvalue weighted by Crippen LogP contribution is 2.25. The van der Waals surface area contributed by atoms with Gasteiger partial charge < -0.3 is 15.2 Å². The second kappa shape index (κ2) is 6.52. The van der Waals surface area contributed by atoms with Crippen molar-refractivity contribution in [3.05, 3.63) is 34.5 Å². The molecule has 2 aromatic rings. The monoisotopic (exact) mass is 348 g/mol. The molecule has 0 unspecified atom stereocenters. The average molecular weight is 349 g/mol. The highest BCUT2D eigenvalue weighted by atomic mass is 35.5. The number of amides is 4. The van der Waals surface area contributed by atoms with Crippen LogP contribution in [0.4, 0.5) is 4.79 Å². The van der Waals surface area contributed by atoms with E-state index in [1.807, 2.05) is 25.1 Å². The molecule has 24 heavy (non-hydrogen) atoms. The van der Waals surface area contributed by atoms with Gasteiger partial charge in [0.25, 0.3) is 0 Å². The second-order valence-electron chi connectivity index (χ2n) is 5.73. The van der Waals surface area contributed by atoms with E-state index in [2.05, 4.69) is 15.6 Å². The number of hydrogen-bond donors (Lipinski definition) is 3. The number of carbonyl (C=O) groups is 3. The Balaban J connectivity index is 1.58. The zero-order valence-corrected chi connectivity index (χ0v) is 13.9. The van der Waals surface area contributed by atoms with Gasteiger partial charge in [-0.1, -0.05) is 11.6 Å². The third-order valence-electron chi connectivity index (χ3n) is 3.98. The average Bonchev–Trinajstić information content (AvgIpc) is 2.98. The Bertz CT molecular complexity index is 830. The molecule has 0 radical (unpaired) electrons. The van der Waals surface area contributed by atoms with Gasteiger partial charge >= 0.3 is 6.03 Å². The first-order valence-corrected chi connectivity index (χ1v) is 7.94. The number of H-pyrrole nitrogens is 1. The van der Waals surface area contributed by atoms with Crippen LogP contribution in [-0.4, -0.2) is 47.4 Å². The molecule has 126 valence electrons. The molecule has 0 aliphatic carbocycles. The van der Waals surface area contributed by atoms with Crippen molar-refractivity contribution in [2.45, 2.75) is 13.3 Å². The van der Waals surface area contributed by atoms with Gasteiger partial charge in [-0.3, -0.25) is 14.9 Å². The fourth-order valence-electron chi connectivity index (χ4n) is 2.84. The van der Waals surface area contributed by atoms with Crippen molar-refractivity contribution in [2.75, 3.05) is 19.6 Å². The molecule has 0 saturated carbocycles. The molecule has 0 atom stereocenters. The molecule has 8 heteroatoms. The molecule has 1 saturated heterocycles. The molecule has 1 aliphatic rings. The quantitative estimate of drug-likeness (QED) is 0.712. The van der Waals surface area contributed by atoms with E-state index >= 15 is 0 Å². The van der Waals surface area contributed by atoms with E-state index in [9.17, 15) is 14.4 Å². The number of nitrogens with one attached hydrogen (secondary N) is 3. The highest BCUT2D eigenvalue weighted by molar-refractivity contribution is 6.31. The summed E-state index contributed by atoms with van der Waals surface area (Å²) >= 11 is 6.05. The van der Waals surface area contributed by atoms with Crippen LogP contribution < -0.4 is 10.6 Å². The summed E-state index contributed by atoms with van der Waals surface area (Å²) in [5.74, 6) is -0.686. The number of aromatic amines is 1. The minimum absolute atomic E-state index is 0.0771. The maximum Gasteiger partial charge on any atom is 0.325 e. The van der Waals surface area contributed by atoms with Crippen LogP contribution >= 0.6 is 11.6 Å². The molecule has 3 N–H and O–H groups in total. The Labute approximate surface area is 143 Å². The fraction of sp³-hybridized carbons (Fsp3) is 0.312. The molecular formula is C16H17ClN4O3. The van der Waals surface area contributed by atoms with Crippen LogP contribution in [0.15, 0.2) is 18.2 Å². The highest BCUT2D eigenvalue weighted by Gasteiger charge is 2.28. The van der Waals surface area contributed by atoms with Gasteiger partial charge in [0.1, 0.15) is 13.1 Å². The van der Waals surface area contributed by atoms with Gasteiger partial charge in [-0.2, -0.15) is 0 Å². The number of halogens is 1. The van der Waals surface area contributed by atoms with Crippen LogP contribution in [0.3, 0.4) is 0 Å². The zero-order chi connectivity index (χ0) is 17.3. The van der Waals surface area contributed by atoms with Gasteiger partial charge in [-0.05, 0) is 37.1 Å². The number of hydrogen-bond acceptors (Lipinski definition) is 3. The van der Waals surface area contributed by atoms with Crippen molar-refractivity contribution in [3.8, 4) is 0 Å².